The van der Waals surface area contributed by atoms with E-state index in [4.69, 9.17) is 0 Å². The summed E-state index contributed by atoms with van der Waals surface area (Å²) in [6, 6.07) is 13.4. The summed E-state index contributed by atoms with van der Waals surface area (Å²) in [6.07, 6.45) is 8.21. The molecule has 1 heterocycles. The maximum Gasteiger partial charge on any atom is 0.123 e. The molecule has 32 heavy (non-hydrogen) atoms. The van der Waals surface area contributed by atoms with Crippen molar-refractivity contribution in [2.24, 2.45) is 11.8 Å². The van der Waals surface area contributed by atoms with Crippen molar-refractivity contribution < 1.29 is 8.60 Å². The average Bonchev–Trinajstić information content (AvgIpc) is 3.33. The molecule has 0 aliphatic heterocycles. The molecule has 2 bridgehead atoms. The fourth-order valence-electron chi connectivity index (χ4n) is 5.09. The minimum atomic E-state index is -1.05. The number of hydrogen-bond acceptors (Lipinski definition) is 2. The van der Waals surface area contributed by atoms with Crippen LogP contribution in [0, 0.1) is 17.7 Å². The van der Waals surface area contributed by atoms with Crippen molar-refractivity contribution in [1.82, 2.24) is 14.3 Å². The zero-order chi connectivity index (χ0) is 22.5. The molecule has 4 atom stereocenters. The van der Waals surface area contributed by atoms with Gasteiger partial charge in [0.25, 0.3) is 0 Å². The molecular formula is C26H30FN3OS. The number of imidazole rings is 1. The van der Waals surface area contributed by atoms with Gasteiger partial charge in [0.1, 0.15) is 5.82 Å². The van der Waals surface area contributed by atoms with E-state index in [0.29, 0.717) is 17.9 Å². The van der Waals surface area contributed by atoms with Gasteiger partial charge in [-0.15, -0.1) is 0 Å². The molecule has 1 N–H and O–H groups in total. The SMILES string of the molecule is CC(C)(C)S(=O)N[C@@H]1[C@@H]2CC[C@H]1Cc1cc(-c3cn(-c4ccc(F)cc4)cn3)ccc1C2. The van der Waals surface area contributed by atoms with Crippen LogP contribution in [-0.2, 0) is 23.8 Å². The van der Waals surface area contributed by atoms with E-state index in [9.17, 15) is 8.60 Å². The topological polar surface area (TPSA) is 46.9 Å². The Balaban J connectivity index is 1.39. The third-order valence-electron chi connectivity index (χ3n) is 6.90. The Labute approximate surface area is 191 Å². The van der Waals surface area contributed by atoms with Gasteiger partial charge >= 0.3 is 0 Å². The number of hydrogen-bond donors (Lipinski definition) is 1. The minimum absolute atomic E-state index is 0.242. The van der Waals surface area contributed by atoms with Crippen molar-refractivity contribution in [2.75, 3.05) is 0 Å². The van der Waals surface area contributed by atoms with Crippen LogP contribution in [0.1, 0.15) is 44.7 Å². The first kappa shape index (κ1) is 21.5. The highest BCUT2D eigenvalue weighted by molar-refractivity contribution is 7.84. The summed E-state index contributed by atoms with van der Waals surface area (Å²) in [5, 5.41) is 0. The highest BCUT2D eigenvalue weighted by Crippen LogP contribution is 2.41. The molecule has 168 valence electrons. The molecule has 1 aromatic heterocycles. The summed E-state index contributed by atoms with van der Waals surface area (Å²) in [4.78, 5) is 4.60. The van der Waals surface area contributed by atoms with Crippen molar-refractivity contribution in [3.8, 4) is 16.9 Å². The van der Waals surface area contributed by atoms with E-state index >= 15 is 0 Å². The van der Waals surface area contributed by atoms with Gasteiger partial charge in [0.05, 0.1) is 27.8 Å². The van der Waals surface area contributed by atoms with Crippen LogP contribution in [0.15, 0.2) is 55.0 Å². The number of rotatable bonds is 4. The molecule has 1 unspecified atom stereocenters. The number of aromatic nitrogens is 2. The largest absolute Gasteiger partial charge is 0.306 e. The number of halogens is 1. The van der Waals surface area contributed by atoms with Gasteiger partial charge in [0, 0.05) is 23.5 Å². The summed E-state index contributed by atoms with van der Waals surface area (Å²) in [5.74, 6) is 0.809. The van der Waals surface area contributed by atoms with Crippen molar-refractivity contribution in [3.63, 3.8) is 0 Å². The van der Waals surface area contributed by atoms with E-state index < -0.39 is 11.0 Å². The lowest BCUT2D eigenvalue weighted by Crippen LogP contribution is -2.44. The molecule has 0 spiro atoms. The molecule has 6 heteroatoms. The predicted molar refractivity (Wildman–Crippen MR) is 127 cm³/mol. The van der Waals surface area contributed by atoms with Gasteiger partial charge in [-0.25, -0.2) is 18.3 Å². The molecule has 2 aliphatic carbocycles. The lowest BCUT2D eigenvalue weighted by molar-refractivity contribution is 0.391. The van der Waals surface area contributed by atoms with E-state index in [1.807, 2.05) is 31.5 Å². The molecule has 1 saturated carbocycles. The normalized spacial score (nSPS) is 23.6. The maximum absolute atomic E-state index is 13.2. The van der Waals surface area contributed by atoms with Crippen LogP contribution in [0.5, 0.6) is 0 Å². The molecule has 5 rings (SSSR count). The summed E-state index contributed by atoms with van der Waals surface area (Å²) in [6.45, 7) is 6.09. The second kappa shape index (κ2) is 8.23. The quantitative estimate of drug-likeness (QED) is 0.591. The van der Waals surface area contributed by atoms with Gasteiger partial charge in [-0.3, -0.25) is 0 Å². The van der Waals surface area contributed by atoms with Crippen LogP contribution >= 0.6 is 0 Å². The average molecular weight is 452 g/mol. The number of fused-ring (bicyclic) bond motifs is 3. The first-order valence-electron chi connectivity index (χ1n) is 11.4. The lowest BCUT2D eigenvalue weighted by atomic mass is 9.91. The number of nitrogens with zero attached hydrogens (tertiary/aromatic N) is 2. The molecule has 2 aliphatic rings. The van der Waals surface area contributed by atoms with Crippen LogP contribution in [0.4, 0.5) is 4.39 Å². The monoisotopic (exact) mass is 451 g/mol. The van der Waals surface area contributed by atoms with Crippen LogP contribution in [0.25, 0.3) is 16.9 Å². The van der Waals surface area contributed by atoms with Gasteiger partial charge in [-0.2, -0.15) is 0 Å². The van der Waals surface area contributed by atoms with Gasteiger partial charge in [-0.1, -0.05) is 12.1 Å². The summed E-state index contributed by atoms with van der Waals surface area (Å²) >= 11 is 0. The molecular weight excluding hydrogens is 421 g/mol. The Hall–Kier alpha value is -2.31. The van der Waals surface area contributed by atoms with Crippen molar-refractivity contribution in [3.05, 3.63) is 71.9 Å². The minimum Gasteiger partial charge on any atom is -0.306 e. The first-order chi connectivity index (χ1) is 15.3. The Morgan fingerprint density at radius 1 is 1.03 bits per heavy atom. The number of nitrogens with one attached hydrogen (secondary N) is 1. The zero-order valence-corrected chi connectivity index (χ0v) is 19.7. The summed E-state index contributed by atoms with van der Waals surface area (Å²) in [5.41, 5.74) is 5.70. The van der Waals surface area contributed by atoms with Crippen LogP contribution < -0.4 is 4.72 Å². The Morgan fingerprint density at radius 3 is 2.41 bits per heavy atom. The van der Waals surface area contributed by atoms with E-state index in [1.165, 1.54) is 36.1 Å². The second-order valence-electron chi connectivity index (χ2n) is 10.2. The van der Waals surface area contributed by atoms with Crippen LogP contribution in [0.2, 0.25) is 0 Å². The molecule has 2 aromatic carbocycles. The van der Waals surface area contributed by atoms with E-state index in [-0.39, 0.29) is 10.6 Å². The first-order valence-corrected chi connectivity index (χ1v) is 12.5. The fraction of sp³-hybridized carbons (Fsp3) is 0.423. The number of benzene rings is 2. The van der Waals surface area contributed by atoms with Crippen LogP contribution in [0.3, 0.4) is 0 Å². The maximum atomic E-state index is 13.2. The molecule has 0 amide bonds. The molecule has 3 aromatic rings. The highest BCUT2D eigenvalue weighted by atomic mass is 32.2. The van der Waals surface area contributed by atoms with Crippen LogP contribution in [-0.4, -0.2) is 24.5 Å². The fourth-order valence-corrected chi connectivity index (χ4v) is 6.07. The Kier molecular flexibility index (Phi) is 5.54. The smallest absolute Gasteiger partial charge is 0.123 e. The van der Waals surface area contributed by atoms with Crippen molar-refractivity contribution in [2.45, 2.75) is 57.2 Å². The van der Waals surface area contributed by atoms with Gasteiger partial charge < -0.3 is 4.57 Å². The third-order valence-corrected chi connectivity index (χ3v) is 8.50. The van der Waals surface area contributed by atoms with Gasteiger partial charge in [0.2, 0.25) is 0 Å². The second-order valence-corrected chi connectivity index (χ2v) is 12.2. The van der Waals surface area contributed by atoms with Crippen molar-refractivity contribution >= 4 is 11.0 Å². The standard InChI is InChI=1S/C26H30FN3OS/c1-26(2,3)32(31)29-25-19-6-7-20(25)14-21-13-18(5-4-17(21)12-19)24-15-30(16-28-24)23-10-8-22(27)9-11-23/h4-5,8-11,13,15-16,19-20,25,29H,6-7,12,14H2,1-3H3/t19-,20+,25-,32?/m1/s1. The predicted octanol–water partition coefficient (Wildman–Crippen LogP) is 5.22. The molecule has 0 radical (unpaired) electrons. The zero-order valence-electron chi connectivity index (χ0n) is 18.8. The summed E-state index contributed by atoms with van der Waals surface area (Å²) < 4.78 is 31.2. The Morgan fingerprint density at radius 2 is 1.72 bits per heavy atom. The van der Waals surface area contributed by atoms with E-state index in [2.05, 4.69) is 27.9 Å². The van der Waals surface area contributed by atoms with E-state index in [0.717, 1.165) is 29.8 Å². The van der Waals surface area contributed by atoms with Gasteiger partial charge in [0.15, 0.2) is 0 Å². The highest BCUT2D eigenvalue weighted by Gasteiger charge is 2.40. The molecule has 1 fully saturated rings. The lowest BCUT2D eigenvalue weighted by Gasteiger charge is -2.27. The molecule has 0 saturated heterocycles. The van der Waals surface area contributed by atoms with Gasteiger partial charge in [-0.05, 0) is 99.7 Å². The third kappa shape index (κ3) is 4.18. The molecule has 4 nitrogen and oxygen atoms in total. The van der Waals surface area contributed by atoms with E-state index in [1.54, 1.807) is 18.5 Å². The summed E-state index contributed by atoms with van der Waals surface area (Å²) in [7, 11) is -1.05. The van der Waals surface area contributed by atoms with Crippen molar-refractivity contribution in [1.29, 1.82) is 0 Å². The Bertz CT molecular complexity index is 1150.